The standard InChI is InChI=1S/C16H13N3O3/c20-17-10-12-5-4-8-14(9-12)21-11-15-18-16(22-19-15)13-6-2-1-3-7-13/h1-10,20H,11H2/b17-10+. The summed E-state index contributed by atoms with van der Waals surface area (Å²) < 4.78 is 10.8. The molecule has 0 aliphatic carbocycles. The Kier molecular flexibility index (Phi) is 4.10. The quantitative estimate of drug-likeness (QED) is 0.444. The molecular formula is C16H13N3O3. The molecule has 1 N–H and O–H groups in total. The van der Waals surface area contributed by atoms with E-state index in [9.17, 15) is 0 Å². The Balaban J connectivity index is 1.67. The van der Waals surface area contributed by atoms with Crippen LogP contribution in [0, 0.1) is 0 Å². The molecule has 0 unspecified atom stereocenters. The lowest BCUT2D eigenvalue weighted by atomic mass is 10.2. The maximum absolute atomic E-state index is 8.53. The van der Waals surface area contributed by atoms with Crippen molar-refractivity contribution in [2.24, 2.45) is 5.16 Å². The van der Waals surface area contributed by atoms with Crippen molar-refractivity contribution in [3.8, 4) is 17.2 Å². The van der Waals surface area contributed by atoms with Crippen molar-refractivity contribution >= 4 is 6.21 Å². The van der Waals surface area contributed by atoms with E-state index in [0.717, 1.165) is 11.1 Å². The van der Waals surface area contributed by atoms with Crippen molar-refractivity contribution in [3.63, 3.8) is 0 Å². The van der Waals surface area contributed by atoms with Crippen LogP contribution in [0.1, 0.15) is 11.4 Å². The topological polar surface area (TPSA) is 80.7 Å². The van der Waals surface area contributed by atoms with E-state index in [2.05, 4.69) is 15.3 Å². The van der Waals surface area contributed by atoms with E-state index in [-0.39, 0.29) is 6.61 Å². The van der Waals surface area contributed by atoms with E-state index >= 15 is 0 Å². The van der Waals surface area contributed by atoms with Gasteiger partial charge < -0.3 is 14.5 Å². The predicted molar refractivity (Wildman–Crippen MR) is 79.9 cm³/mol. The molecule has 1 heterocycles. The molecule has 6 nitrogen and oxygen atoms in total. The van der Waals surface area contributed by atoms with Gasteiger partial charge >= 0.3 is 0 Å². The van der Waals surface area contributed by atoms with E-state index in [4.69, 9.17) is 14.5 Å². The van der Waals surface area contributed by atoms with E-state index in [0.29, 0.717) is 17.5 Å². The second-order valence-corrected chi connectivity index (χ2v) is 4.49. The van der Waals surface area contributed by atoms with Crippen molar-refractivity contribution in [2.75, 3.05) is 0 Å². The van der Waals surface area contributed by atoms with Crippen LogP contribution in [0.2, 0.25) is 0 Å². The van der Waals surface area contributed by atoms with Crippen molar-refractivity contribution in [1.82, 2.24) is 10.1 Å². The number of aromatic nitrogens is 2. The van der Waals surface area contributed by atoms with Gasteiger partial charge in [0.1, 0.15) is 5.75 Å². The van der Waals surface area contributed by atoms with Crippen LogP contribution in [-0.2, 0) is 6.61 Å². The van der Waals surface area contributed by atoms with Gasteiger partial charge in [-0.2, -0.15) is 4.98 Å². The summed E-state index contributed by atoms with van der Waals surface area (Å²) in [5.74, 6) is 1.55. The summed E-state index contributed by atoms with van der Waals surface area (Å²) in [6, 6.07) is 16.7. The van der Waals surface area contributed by atoms with Crippen molar-refractivity contribution in [2.45, 2.75) is 6.61 Å². The second-order valence-electron chi connectivity index (χ2n) is 4.49. The zero-order valence-electron chi connectivity index (χ0n) is 11.6. The number of benzene rings is 2. The molecule has 0 aliphatic rings. The Hall–Kier alpha value is -3.15. The van der Waals surface area contributed by atoms with E-state index < -0.39 is 0 Å². The summed E-state index contributed by atoms with van der Waals surface area (Å²) in [5.41, 5.74) is 1.60. The SMILES string of the molecule is O/N=C/c1cccc(OCc2noc(-c3ccccc3)n2)c1. The number of rotatable bonds is 5. The molecule has 0 bridgehead atoms. The fourth-order valence-corrected chi connectivity index (χ4v) is 1.91. The highest BCUT2D eigenvalue weighted by Crippen LogP contribution is 2.17. The van der Waals surface area contributed by atoms with Gasteiger partial charge in [-0.3, -0.25) is 0 Å². The van der Waals surface area contributed by atoms with Gasteiger partial charge in [0.25, 0.3) is 5.89 Å². The summed E-state index contributed by atoms with van der Waals surface area (Å²) in [4.78, 5) is 4.29. The van der Waals surface area contributed by atoms with Gasteiger partial charge in [0.2, 0.25) is 5.82 Å². The first-order valence-corrected chi connectivity index (χ1v) is 6.63. The highest BCUT2D eigenvalue weighted by Gasteiger charge is 2.08. The first kappa shape index (κ1) is 13.8. The molecular weight excluding hydrogens is 282 g/mol. The fourth-order valence-electron chi connectivity index (χ4n) is 1.91. The highest BCUT2D eigenvalue weighted by atomic mass is 16.5. The molecule has 1 aromatic heterocycles. The Labute approximate surface area is 126 Å². The predicted octanol–water partition coefficient (Wildman–Crippen LogP) is 3.12. The molecule has 0 amide bonds. The van der Waals surface area contributed by atoms with Crippen LogP contribution >= 0.6 is 0 Å². The number of hydrogen-bond acceptors (Lipinski definition) is 6. The molecule has 22 heavy (non-hydrogen) atoms. The summed E-state index contributed by atoms with van der Waals surface area (Å²) >= 11 is 0. The Morgan fingerprint density at radius 1 is 1.14 bits per heavy atom. The van der Waals surface area contributed by atoms with Gasteiger partial charge in [0.05, 0.1) is 6.21 Å². The van der Waals surface area contributed by atoms with Crippen molar-refractivity contribution < 1.29 is 14.5 Å². The summed E-state index contributed by atoms with van der Waals surface area (Å²) in [6.07, 6.45) is 1.33. The monoisotopic (exact) mass is 295 g/mol. The van der Waals surface area contributed by atoms with Gasteiger partial charge in [0.15, 0.2) is 6.61 Å². The molecule has 2 aromatic carbocycles. The molecule has 3 aromatic rings. The number of nitrogens with zero attached hydrogens (tertiary/aromatic N) is 3. The Morgan fingerprint density at radius 2 is 2.00 bits per heavy atom. The zero-order valence-corrected chi connectivity index (χ0v) is 11.6. The lowest BCUT2D eigenvalue weighted by molar-refractivity contribution is 0.287. The fraction of sp³-hybridized carbons (Fsp3) is 0.0625. The van der Waals surface area contributed by atoms with Crippen LogP contribution in [0.4, 0.5) is 0 Å². The summed E-state index contributed by atoms with van der Waals surface area (Å²) in [5, 5.41) is 15.4. The molecule has 0 aliphatic heterocycles. The van der Waals surface area contributed by atoms with Crippen LogP contribution < -0.4 is 4.74 Å². The molecule has 0 atom stereocenters. The molecule has 3 rings (SSSR count). The van der Waals surface area contributed by atoms with E-state index in [1.165, 1.54) is 6.21 Å². The average molecular weight is 295 g/mol. The number of oxime groups is 1. The van der Waals surface area contributed by atoms with Crippen molar-refractivity contribution in [1.29, 1.82) is 0 Å². The summed E-state index contributed by atoms with van der Waals surface area (Å²) in [7, 11) is 0. The smallest absolute Gasteiger partial charge is 0.258 e. The second kappa shape index (κ2) is 6.53. The Morgan fingerprint density at radius 3 is 2.82 bits per heavy atom. The number of ether oxygens (including phenoxy) is 1. The maximum Gasteiger partial charge on any atom is 0.258 e. The van der Waals surface area contributed by atoms with E-state index in [1.54, 1.807) is 24.3 Å². The molecule has 6 heteroatoms. The summed E-state index contributed by atoms with van der Waals surface area (Å²) in [6.45, 7) is 0.191. The van der Waals surface area contributed by atoms with Crippen LogP contribution in [0.3, 0.4) is 0 Å². The molecule has 0 saturated heterocycles. The largest absolute Gasteiger partial charge is 0.485 e. The van der Waals surface area contributed by atoms with Crippen LogP contribution in [0.5, 0.6) is 5.75 Å². The molecule has 0 radical (unpaired) electrons. The van der Waals surface area contributed by atoms with Gasteiger partial charge in [-0.05, 0) is 29.8 Å². The van der Waals surface area contributed by atoms with Gasteiger partial charge in [0, 0.05) is 5.56 Å². The highest BCUT2D eigenvalue weighted by molar-refractivity contribution is 5.79. The zero-order chi connectivity index (χ0) is 15.2. The third-order valence-corrected chi connectivity index (χ3v) is 2.92. The first-order valence-electron chi connectivity index (χ1n) is 6.63. The Bertz CT molecular complexity index is 769. The first-order chi connectivity index (χ1) is 10.8. The molecule has 0 fully saturated rings. The van der Waals surface area contributed by atoms with Gasteiger partial charge in [-0.25, -0.2) is 0 Å². The van der Waals surface area contributed by atoms with Gasteiger partial charge in [-0.1, -0.05) is 40.6 Å². The number of hydrogen-bond donors (Lipinski definition) is 1. The third-order valence-electron chi connectivity index (χ3n) is 2.92. The third kappa shape index (κ3) is 3.29. The molecule has 0 spiro atoms. The van der Waals surface area contributed by atoms with Crippen LogP contribution in [0.25, 0.3) is 11.5 Å². The molecule has 0 saturated carbocycles. The normalized spacial score (nSPS) is 10.9. The molecule has 110 valence electrons. The minimum Gasteiger partial charge on any atom is -0.485 e. The minimum absolute atomic E-state index is 0.191. The lowest BCUT2D eigenvalue weighted by Crippen LogP contribution is -1.98. The maximum atomic E-state index is 8.53. The lowest BCUT2D eigenvalue weighted by Gasteiger charge is -2.03. The van der Waals surface area contributed by atoms with Crippen LogP contribution in [0.15, 0.2) is 64.3 Å². The van der Waals surface area contributed by atoms with Gasteiger partial charge in [-0.15, -0.1) is 0 Å². The van der Waals surface area contributed by atoms with Crippen LogP contribution in [-0.4, -0.2) is 21.6 Å². The van der Waals surface area contributed by atoms with E-state index in [1.807, 2.05) is 30.3 Å². The van der Waals surface area contributed by atoms with Crippen molar-refractivity contribution in [3.05, 3.63) is 66.0 Å². The minimum atomic E-state index is 0.191. The average Bonchev–Trinajstić information content (AvgIpc) is 3.04.